The average molecular weight is 455 g/mol. The van der Waals surface area contributed by atoms with E-state index >= 15 is 0 Å². The van der Waals surface area contributed by atoms with Crippen molar-refractivity contribution in [2.75, 3.05) is 57.1 Å². The van der Waals surface area contributed by atoms with Crippen molar-refractivity contribution in [2.45, 2.75) is 33.6 Å². The molecule has 2 aromatic rings. The number of carbonyl (C=O) groups excluding carboxylic acids is 2. The molecule has 7 heteroatoms. The van der Waals surface area contributed by atoms with E-state index in [0.29, 0.717) is 30.0 Å². The van der Waals surface area contributed by atoms with Crippen LogP contribution in [0.4, 0.5) is 11.4 Å². The third kappa shape index (κ3) is 8.09. The fourth-order valence-corrected chi connectivity index (χ4v) is 3.39. The van der Waals surface area contributed by atoms with Gasteiger partial charge in [0.25, 0.3) is 11.8 Å². The van der Waals surface area contributed by atoms with Crippen LogP contribution in [0.2, 0.25) is 0 Å². The summed E-state index contributed by atoms with van der Waals surface area (Å²) >= 11 is 0. The van der Waals surface area contributed by atoms with Gasteiger partial charge in [0.05, 0.1) is 12.2 Å². The molecule has 2 amide bonds. The third-order valence-corrected chi connectivity index (χ3v) is 5.47. The fourth-order valence-electron chi connectivity index (χ4n) is 3.39. The van der Waals surface area contributed by atoms with Gasteiger partial charge in [-0.2, -0.15) is 0 Å². The molecule has 0 aliphatic heterocycles. The van der Waals surface area contributed by atoms with Crippen molar-refractivity contribution in [2.24, 2.45) is 0 Å². The van der Waals surface area contributed by atoms with Gasteiger partial charge in [0, 0.05) is 44.1 Å². The number of amides is 2. The number of carbonyl (C=O) groups is 2. The van der Waals surface area contributed by atoms with Gasteiger partial charge in [-0.25, -0.2) is 0 Å². The van der Waals surface area contributed by atoms with E-state index in [1.165, 1.54) is 0 Å². The summed E-state index contributed by atoms with van der Waals surface area (Å²) in [6.45, 7) is 10.2. The standard InChI is InChI=1S/C26H38N4O3/c1-6-9-18-33-22-13-10-20(11-14-22)25(31)28-21-12-15-24(29(4)5)23(19-21)26(32)27-16-17-30(7-2)8-3/h10-15,19H,6-9,16-18H2,1-5H3,(H,27,32)(H,28,31). The molecule has 33 heavy (non-hydrogen) atoms. The molecular weight excluding hydrogens is 416 g/mol. The van der Waals surface area contributed by atoms with E-state index in [9.17, 15) is 9.59 Å². The Bertz CT molecular complexity index is 893. The molecule has 0 fully saturated rings. The smallest absolute Gasteiger partial charge is 0.255 e. The molecule has 0 atom stereocenters. The molecular formula is C26H38N4O3. The first-order valence-corrected chi connectivity index (χ1v) is 11.8. The zero-order valence-electron chi connectivity index (χ0n) is 20.6. The van der Waals surface area contributed by atoms with E-state index in [2.05, 4.69) is 36.3 Å². The second kappa shape index (κ2) is 13.5. The second-order valence-electron chi connectivity index (χ2n) is 8.09. The van der Waals surface area contributed by atoms with Crippen LogP contribution in [0.15, 0.2) is 42.5 Å². The average Bonchev–Trinajstić information content (AvgIpc) is 2.82. The lowest BCUT2D eigenvalue weighted by atomic mass is 10.1. The number of nitrogens with one attached hydrogen (secondary N) is 2. The van der Waals surface area contributed by atoms with Gasteiger partial charge in [-0.1, -0.05) is 27.2 Å². The monoisotopic (exact) mass is 454 g/mol. The van der Waals surface area contributed by atoms with E-state index in [0.717, 1.165) is 43.9 Å². The van der Waals surface area contributed by atoms with Gasteiger partial charge in [0.1, 0.15) is 5.75 Å². The molecule has 0 radical (unpaired) electrons. The molecule has 0 unspecified atom stereocenters. The summed E-state index contributed by atoms with van der Waals surface area (Å²) in [7, 11) is 3.79. The summed E-state index contributed by atoms with van der Waals surface area (Å²) in [5.41, 5.74) is 2.42. The van der Waals surface area contributed by atoms with Gasteiger partial charge in [-0.3, -0.25) is 9.59 Å². The minimum absolute atomic E-state index is 0.157. The maximum atomic E-state index is 12.9. The summed E-state index contributed by atoms with van der Waals surface area (Å²) in [6.07, 6.45) is 2.07. The summed E-state index contributed by atoms with van der Waals surface area (Å²) in [5, 5.41) is 5.90. The van der Waals surface area contributed by atoms with Crippen LogP contribution >= 0.6 is 0 Å². The van der Waals surface area contributed by atoms with E-state index in [1.54, 1.807) is 30.3 Å². The molecule has 7 nitrogen and oxygen atoms in total. The van der Waals surface area contributed by atoms with Crippen molar-refractivity contribution in [1.82, 2.24) is 10.2 Å². The minimum atomic E-state index is -0.236. The highest BCUT2D eigenvalue weighted by atomic mass is 16.5. The highest BCUT2D eigenvalue weighted by molar-refractivity contribution is 6.06. The summed E-state index contributed by atoms with van der Waals surface area (Å²) < 4.78 is 5.65. The van der Waals surface area contributed by atoms with E-state index < -0.39 is 0 Å². The Balaban J connectivity index is 2.08. The van der Waals surface area contributed by atoms with Crippen LogP contribution in [0.25, 0.3) is 0 Å². The Hall–Kier alpha value is -3.06. The van der Waals surface area contributed by atoms with Crippen LogP contribution in [0.5, 0.6) is 5.75 Å². The highest BCUT2D eigenvalue weighted by Gasteiger charge is 2.15. The maximum absolute atomic E-state index is 12.9. The quantitative estimate of drug-likeness (QED) is 0.443. The molecule has 180 valence electrons. The predicted molar refractivity (Wildman–Crippen MR) is 136 cm³/mol. The Labute approximate surface area is 198 Å². The second-order valence-corrected chi connectivity index (χ2v) is 8.09. The first kappa shape index (κ1) is 26.2. The Kier molecular flexibility index (Phi) is 10.7. The van der Waals surface area contributed by atoms with Crippen molar-refractivity contribution < 1.29 is 14.3 Å². The fraction of sp³-hybridized carbons (Fsp3) is 0.462. The number of anilines is 2. The lowest BCUT2D eigenvalue weighted by Gasteiger charge is -2.20. The molecule has 0 heterocycles. The summed E-state index contributed by atoms with van der Waals surface area (Å²) in [4.78, 5) is 29.8. The van der Waals surface area contributed by atoms with Gasteiger partial charge in [-0.05, 0) is 62.0 Å². The van der Waals surface area contributed by atoms with Crippen LogP contribution in [0.3, 0.4) is 0 Å². The summed E-state index contributed by atoms with van der Waals surface area (Å²) in [6, 6.07) is 12.5. The van der Waals surface area contributed by atoms with Crippen molar-refractivity contribution in [3.8, 4) is 5.75 Å². The van der Waals surface area contributed by atoms with E-state index in [1.807, 2.05) is 31.1 Å². The van der Waals surface area contributed by atoms with Crippen molar-refractivity contribution in [3.05, 3.63) is 53.6 Å². The van der Waals surface area contributed by atoms with Crippen LogP contribution in [0.1, 0.15) is 54.3 Å². The van der Waals surface area contributed by atoms with E-state index in [-0.39, 0.29) is 11.8 Å². The molecule has 0 saturated heterocycles. The van der Waals surface area contributed by atoms with Gasteiger partial charge in [0.2, 0.25) is 0 Å². The van der Waals surface area contributed by atoms with Gasteiger partial charge < -0.3 is 25.2 Å². The maximum Gasteiger partial charge on any atom is 0.255 e. The topological polar surface area (TPSA) is 73.9 Å². The van der Waals surface area contributed by atoms with Crippen LogP contribution in [-0.2, 0) is 0 Å². The molecule has 0 bridgehead atoms. The molecule has 2 N–H and O–H groups in total. The lowest BCUT2D eigenvalue weighted by Crippen LogP contribution is -2.35. The molecule has 2 rings (SSSR count). The number of ether oxygens (including phenoxy) is 1. The minimum Gasteiger partial charge on any atom is -0.494 e. The van der Waals surface area contributed by atoms with Gasteiger partial charge in [-0.15, -0.1) is 0 Å². The third-order valence-electron chi connectivity index (χ3n) is 5.47. The molecule has 2 aromatic carbocycles. The number of hydrogen-bond acceptors (Lipinski definition) is 5. The van der Waals surface area contributed by atoms with Crippen LogP contribution in [-0.4, -0.2) is 63.6 Å². The van der Waals surface area contributed by atoms with Crippen LogP contribution in [0, 0.1) is 0 Å². The van der Waals surface area contributed by atoms with Crippen LogP contribution < -0.4 is 20.3 Å². The number of unbranched alkanes of at least 4 members (excludes halogenated alkanes) is 1. The molecule has 0 aliphatic rings. The highest BCUT2D eigenvalue weighted by Crippen LogP contribution is 2.24. The molecule has 0 aliphatic carbocycles. The van der Waals surface area contributed by atoms with Gasteiger partial charge >= 0.3 is 0 Å². The number of hydrogen-bond donors (Lipinski definition) is 2. The largest absolute Gasteiger partial charge is 0.494 e. The van der Waals surface area contributed by atoms with Crippen molar-refractivity contribution >= 4 is 23.2 Å². The lowest BCUT2D eigenvalue weighted by molar-refractivity contribution is 0.0948. The zero-order chi connectivity index (χ0) is 24.2. The molecule has 0 spiro atoms. The van der Waals surface area contributed by atoms with E-state index in [4.69, 9.17) is 4.74 Å². The SMILES string of the molecule is CCCCOc1ccc(C(=O)Nc2ccc(N(C)C)c(C(=O)NCCN(CC)CC)c2)cc1. The summed E-state index contributed by atoms with van der Waals surface area (Å²) in [5.74, 6) is 0.357. The number of benzene rings is 2. The Morgan fingerprint density at radius 3 is 2.24 bits per heavy atom. The Morgan fingerprint density at radius 1 is 0.939 bits per heavy atom. The number of rotatable bonds is 13. The van der Waals surface area contributed by atoms with Crippen molar-refractivity contribution in [3.63, 3.8) is 0 Å². The normalized spacial score (nSPS) is 10.7. The first-order chi connectivity index (χ1) is 15.9. The van der Waals surface area contributed by atoms with Crippen molar-refractivity contribution in [1.29, 1.82) is 0 Å². The predicted octanol–water partition coefficient (Wildman–Crippen LogP) is 4.26. The molecule has 0 aromatic heterocycles. The Morgan fingerprint density at radius 2 is 1.64 bits per heavy atom. The molecule has 0 saturated carbocycles. The van der Waals surface area contributed by atoms with Gasteiger partial charge in [0.15, 0.2) is 0 Å². The number of nitrogens with zero attached hydrogens (tertiary/aromatic N) is 2. The first-order valence-electron chi connectivity index (χ1n) is 11.8. The number of likely N-dealkylation sites (N-methyl/N-ethyl adjacent to an activating group) is 1. The zero-order valence-corrected chi connectivity index (χ0v) is 20.6.